The lowest BCUT2D eigenvalue weighted by molar-refractivity contribution is -0.612. The van der Waals surface area contributed by atoms with E-state index in [1.165, 1.54) is 6.20 Å². The Morgan fingerprint density at radius 3 is 2.35 bits per heavy atom. The van der Waals surface area contributed by atoms with Crippen molar-refractivity contribution in [3.05, 3.63) is 77.1 Å². The van der Waals surface area contributed by atoms with Crippen molar-refractivity contribution in [2.45, 2.75) is 20.5 Å². The molecule has 0 atom stereocenters. The van der Waals surface area contributed by atoms with Crippen molar-refractivity contribution >= 4 is 0 Å². The second-order valence-corrected chi connectivity index (χ2v) is 7.11. The van der Waals surface area contributed by atoms with E-state index in [2.05, 4.69) is 15.2 Å². The molecular weight excluding hydrogens is 394 g/mol. The Kier molecular flexibility index (Phi) is 5.64. The van der Waals surface area contributed by atoms with Gasteiger partial charge in [-0.3, -0.25) is 4.57 Å². The average Bonchev–Trinajstić information content (AvgIpc) is 3.22. The van der Waals surface area contributed by atoms with Crippen LogP contribution in [0.1, 0.15) is 17.1 Å². The summed E-state index contributed by atoms with van der Waals surface area (Å²) in [6, 6.07) is 13.6. The van der Waals surface area contributed by atoms with Crippen molar-refractivity contribution in [3.8, 4) is 34.1 Å². The van der Waals surface area contributed by atoms with Gasteiger partial charge in [0.15, 0.2) is 23.5 Å². The van der Waals surface area contributed by atoms with Gasteiger partial charge in [0, 0.05) is 37.3 Å². The molecule has 0 fully saturated rings. The van der Waals surface area contributed by atoms with Gasteiger partial charge in [-0.25, -0.2) is 4.98 Å². The molecule has 0 N–H and O–H groups in total. The van der Waals surface area contributed by atoms with Crippen molar-refractivity contribution in [2.24, 2.45) is 0 Å². The van der Waals surface area contributed by atoms with E-state index in [1.807, 2.05) is 54.8 Å². The van der Waals surface area contributed by atoms with Crippen molar-refractivity contribution in [3.63, 3.8) is 0 Å². The summed E-state index contributed by atoms with van der Waals surface area (Å²) in [4.78, 5) is 4.30. The second-order valence-electron chi connectivity index (χ2n) is 7.11. The van der Waals surface area contributed by atoms with E-state index in [-0.39, 0.29) is 0 Å². The first-order valence-electron chi connectivity index (χ1n) is 9.77. The molecule has 0 saturated heterocycles. The first-order valence-corrected chi connectivity index (χ1v) is 9.77. The van der Waals surface area contributed by atoms with Crippen molar-refractivity contribution in [1.82, 2.24) is 19.7 Å². The molecule has 3 aromatic heterocycles. The maximum atomic E-state index is 11.8. The molecule has 4 aromatic rings. The van der Waals surface area contributed by atoms with Crippen molar-refractivity contribution < 1.29 is 14.2 Å². The smallest absolute Gasteiger partial charge is 0.213 e. The van der Waals surface area contributed by atoms with Gasteiger partial charge in [0.25, 0.3) is 0 Å². The minimum atomic E-state index is 0.314. The van der Waals surface area contributed by atoms with E-state index in [4.69, 9.17) is 9.47 Å². The van der Waals surface area contributed by atoms with E-state index in [0.29, 0.717) is 29.8 Å². The van der Waals surface area contributed by atoms with Gasteiger partial charge in [0.1, 0.15) is 6.61 Å². The number of pyridine rings is 2. The van der Waals surface area contributed by atoms with Crippen LogP contribution in [0.3, 0.4) is 0 Å². The lowest BCUT2D eigenvalue weighted by Crippen LogP contribution is -2.30. The molecule has 8 heteroatoms. The molecule has 1 aromatic carbocycles. The Balaban J connectivity index is 1.75. The van der Waals surface area contributed by atoms with Crippen LogP contribution in [0.15, 0.2) is 54.9 Å². The molecule has 158 valence electrons. The highest BCUT2D eigenvalue weighted by molar-refractivity contribution is 5.70. The predicted molar refractivity (Wildman–Crippen MR) is 116 cm³/mol. The van der Waals surface area contributed by atoms with Gasteiger partial charge in [-0.05, 0) is 24.1 Å². The van der Waals surface area contributed by atoms with Gasteiger partial charge in [0.05, 0.1) is 19.0 Å². The summed E-state index contributed by atoms with van der Waals surface area (Å²) in [7, 11) is 3.20. The van der Waals surface area contributed by atoms with Crippen LogP contribution in [-0.2, 0) is 11.3 Å². The summed E-state index contributed by atoms with van der Waals surface area (Å²) in [5, 5.41) is 20.5. The normalized spacial score (nSPS) is 11.0. The van der Waals surface area contributed by atoms with Crippen molar-refractivity contribution in [2.75, 3.05) is 14.2 Å². The summed E-state index contributed by atoms with van der Waals surface area (Å²) in [6.45, 7) is 4.09. The number of aromatic nitrogens is 5. The van der Waals surface area contributed by atoms with Crippen LogP contribution in [0.2, 0.25) is 0 Å². The fraction of sp³-hybridized carbons (Fsp3) is 0.217. The zero-order chi connectivity index (χ0) is 22.0. The number of methoxy groups -OCH3 is 2. The van der Waals surface area contributed by atoms with Gasteiger partial charge in [0.2, 0.25) is 5.88 Å². The average molecular weight is 417 g/mol. The highest BCUT2D eigenvalue weighted by atomic mass is 16.5. The molecule has 0 unspecified atom stereocenters. The fourth-order valence-electron chi connectivity index (χ4n) is 3.47. The molecule has 0 aliphatic carbocycles. The number of rotatable bonds is 6. The highest BCUT2D eigenvalue weighted by Gasteiger charge is 2.17. The van der Waals surface area contributed by atoms with Crippen LogP contribution in [0.25, 0.3) is 28.2 Å². The van der Waals surface area contributed by atoms with Gasteiger partial charge < -0.3 is 14.7 Å². The minimum Gasteiger partial charge on any atom is -0.619 e. The SMILES string of the molecule is COCc1nnc(-c2ccc(-c3cc[n+]([O-])c(C)c3C)cc2)n1-c1ccc(OC)nc1. The molecule has 0 aliphatic heterocycles. The maximum Gasteiger partial charge on any atom is 0.213 e. The summed E-state index contributed by atoms with van der Waals surface area (Å²) >= 11 is 0. The first-order chi connectivity index (χ1) is 15.0. The Labute approximate surface area is 180 Å². The third-order valence-electron chi connectivity index (χ3n) is 5.30. The van der Waals surface area contributed by atoms with Gasteiger partial charge >= 0.3 is 0 Å². The summed E-state index contributed by atoms with van der Waals surface area (Å²) < 4.78 is 13.3. The van der Waals surface area contributed by atoms with E-state index >= 15 is 0 Å². The molecule has 0 amide bonds. The molecule has 31 heavy (non-hydrogen) atoms. The quantitative estimate of drug-likeness (QED) is 0.353. The van der Waals surface area contributed by atoms with E-state index in [0.717, 1.165) is 32.7 Å². The minimum absolute atomic E-state index is 0.314. The monoisotopic (exact) mass is 417 g/mol. The Hall–Kier alpha value is -3.78. The molecule has 0 bridgehead atoms. The summed E-state index contributed by atoms with van der Waals surface area (Å²) in [5.41, 5.74) is 5.42. The van der Waals surface area contributed by atoms with Crippen LogP contribution in [0.5, 0.6) is 5.88 Å². The fourth-order valence-corrected chi connectivity index (χ4v) is 3.47. The first kappa shape index (κ1) is 20.5. The Morgan fingerprint density at radius 1 is 0.968 bits per heavy atom. The van der Waals surface area contributed by atoms with E-state index < -0.39 is 0 Å². The summed E-state index contributed by atoms with van der Waals surface area (Å²) in [6.07, 6.45) is 3.25. The number of hydrogen-bond acceptors (Lipinski definition) is 6. The second kappa shape index (κ2) is 8.53. The molecular formula is C23H23N5O3. The van der Waals surface area contributed by atoms with Gasteiger partial charge in [-0.1, -0.05) is 24.3 Å². The third kappa shape index (κ3) is 3.85. The van der Waals surface area contributed by atoms with E-state index in [1.54, 1.807) is 26.5 Å². The highest BCUT2D eigenvalue weighted by Crippen LogP contribution is 2.28. The number of hydrogen-bond donors (Lipinski definition) is 0. The zero-order valence-corrected chi connectivity index (χ0v) is 17.9. The van der Waals surface area contributed by atoms with Crippen LogP contribution < -0.4 is 9.47 Å². The van der Waals surface area contributed by atoms with Gasteiger partial charge in [-0.2, -0.15) is 4.73 Å². The largest absolute Gasteiger partial charge is 0.619 e. The molecule has 0 aliphatic rings. The molecule has 0 radical (unpaired) electrons. The van der Waals surface area contributed by atoms with Crippen LogP contribution in [0.4, 0.5) is 0 Å². The molecule has 0 spiro atoms. The number of nitrogens with zero attached hydrogens (tertiary/aromatic N) is 5. The van der Waals surface area contributed by atoms with E-state index in [9.17, 15) is 5.21 Å². The lowest BCUT2D eigenvalue weighted by Gasteiger charge is -2.12. The Morgan fingerprint density at radius 2 is 1.71 bits per heavy atom. The Bertz CT molecular complexity index is 1200. The lowest BCUT2D eigenvalue weighted by atomic mass is 9.99. The maximum absolute atomic E-state index is 11.8. The van der Waals surface area contributed by atoms with Crippen LogP contribution >= 0.6 is 0 Å². The molecule has 0 saturated carbocycles. The van der Waals surface area contributed by atoms with Crippen LogP contribution in [0, 0.1) is 19.1 Å². The molecule has 3 heterocycles. The van der Waals surface area contributed by atoms with Crippen molar-refractivity contribution in [1.29, 1.82) is 0 Å². The van der Waals surface area contributed by atoms with Gasteiger partial charge in [-0.15, -0.1) is 10.2 Å². The van der Waals surface area contributed by atoms with Crippen LogP contribution in [-0.4, -0.2) is 34.0 Å². The topological polar surface area (TPSA) is 89.0 Å². The number of ether oxygens (including phenoxy) is 2. The molecule has 4 rings (SSSR count). The standard InChI is InChI=1S/C23H23N5O3/c1-15-16(2)27(29)12-11-20(15)17-5-7-18(8-6-17)23-26-25-21(14-30-3)28(23)19-9-10-22(31-4)24-13-19/h5-13H,14H2,1-4H3. The third-order valence-corrected chi connectivity index (χ3v) is 5.30. The number of benzene rings is 1. The predicted octanol–water partition coefficient (Wildman–Crippen LogP) is 3.40. The summed E-state index contributed by atoms with van der Waals surface area (Å²) in [5.74, 6) is 1.89. The zero-order valence-electron chi connectivity index (χ0n) is 17.9. The molecule has 8 nitrogen and oxygen atoms in total.